The van der Waals surface area contributed by atoms with Crippen molar-refractivity contribution in [1.29, 1.82) is 0 Å². The summed E-state index contributed by atoms with van der Waals surface area (Å²) in [7, 11) is 0. The lowest BCUT2D eigenvalue weighted by Crippen LogP contribution is -2.14. The molecule has 0 aromatic heterocycles. The molecular formula is C17H18N2O2. The third-order valence-electron chi connectivity index (χ3n) is 3.34. The van der Waals surface area contributed by atoms with Gasteiger partial charge in [0.15, 0.2) is 0 Å². The van der Waals surface area contributed by atoms with Gasteiger partial charge in [0.2, 0.25) is 11.8 Å². The van der Waals surface area contributed by atoms with Gasteiger partial charge in [-0.2, -0.15) is 0 Å². The number of hydrogen-bond acceptors (Lipinski definition) is 2. The Morgan fingerprint density at radius 1 is 1.05 bits per heavy atom. The van der Waals surface area contributed by atoms with E-state index < -0.39 is 5.91 Å². The maximum atomic E-state index is 11.9. The van der Waals surface area contributed by atoms with Crippen molar-refractivity contribution < 1.29 is 9.59 Å². The number of benzene rings is 2. The molecule has 0 radical (unpaired) electrons. The zero-order chi connectivity index (χ0) is 15.2. The summed E-state index contributed by atoms with van der Waals surface area (Å²) in [6.45, 7) is 2.04. The molecule has 0 aliphatic heterocycles. The minimum absolute atomic E-state index is 0.0509. The molecule has 0 aliphatic rings. The first kappa shape index (κ1) is 14.8. The number of amides is 2. The van der Waals surface area contributed by atoms with E-state index >= 15 is 0 Å². The molecule has 3 N–H and O–H groups in total. The number of anilines is 1. The van der Waals surface area contributed by atoms with Crippen LogP contribution in [-0.2, 0) is 11.2 Å². The van der Waals surface area contributed by atoms with Crippen LogP contribution in [0.2, 0.25) is 0 Å². The van der Waals surface area contributed by atoms with E-state index in [0.29, 0.717) is 24.1 Å². The second-order valence-corrected chi connectivity index (χ2v) is 4.92. The normalized spacial score (nSPS) is 10.1. The molecule has 0 atom stereocenters. The molecule has 21 heavy (non-hydrogen) atoms. The molecule has 2 aromatic rings. The van der Waals surface area contributed by atoms with Gasteiger partial charge in [-0.1, -0.05) is 24.3 Å². The van der Waals surface area contributed by atoms with E-state index in [0.717, 1.165) is 0 Å². The van der Waals surface area contributed by atoms with Gasteiger partial charge in [0.25, 0.3) is 0 Å². The zero-order valence-electron chi connectivity index (χ0n) is 11.9. The van der Waals surface area contributed by atoms with Crippen molar-refractivity contribution in [3.8, 4) is 0 Å². The van der Waals surface area contributed by atoms with Crippen molar-refractivity contribution in [2.75, 3.05) is 5.32 Å². The number of carbonyl (C=O) groups is 2. The van der Waals surface area contributed by atoms with E-state index in [1.807, 2.05) is 31.2 Å². The Bertz CT molecular complexity index is 648. The second-order valence-electron chi connectivity index (χ2n) is 4.92. The number of aryl methyl sites for hydroxylation is 2. The molecule has 0 bridgehead atoms. The fourth-order valence-corrected chi connectivity index (χ4v) is 2.08. The van der Waals surface area contributed by atoms with Crippen LogP contribution in [0.4, 0.5) is 5.69 Å². The highest BCUT2D eigenvalue weighted by Gasteiger charge is 2.05. The lowest BCUT2D eigenvalue weighted by molar-refractivity contribution is -0.116. The summed E-state index contributed by atoms with van der Waals surface area (Å²) in [6.07, 6.45) is 1.13. The van der Waals surface area contributed by atoms with Gasteiger partial charge in [-0.25, -0.2) is 0 Å². The predicted octanol–water partition coefficient (Wildman–Crippen LogP) is 2.67. The van der Waals surface area contributed by atoms with Crippen LogP contribution < -0.4 is 11.1 Å². The third-order valence-corrected chi connectivity index (χ3v) is 3.34. The summed E-state index contributed by atoms with van der Waals surface area (Å²) in [4.78, 5) is 22.9. The van der Waals surface area contributed by atoms with Crippen LogP contribution in [0.3, 0.4) is 0 Å². The van der Waals surface area contributed by atoms with Crippen molar-refractivity contribution in [2.24, 2.45) is 5.73 Å². The van der Waals surface area contributed by atoms with E-state index in [9.17, 15) is 9.59 Å². The maximum Gasteiger partial charge on any atom is 0.248 e. The maximum absolute atomic E-state index is 11.9. The van der Waals surface area contributed by atoms with Gasteiger partial charge in [-0.15, -0.1) is 0 Å². The largest absolute Gasteiger partial charge is 0.366 e. The van der Waals surface area contributed by atoms with Gasteiger partial charge in [-0.3, -0.25) is 9.59 Å². The van der Waals surface area contributed by atoms with Gasteiger partial charge in [-0.05, 0) is 48.7 Å². The lowest BCUT2D eigenvalue weighted by Gasteiger charge is -2.07. The van der Waals surface area contributed by atoms with Crippen molar-refractivity contribution in [2.45, 2.75) is 19.8 Å². The second kappa shape index (κ2) is 6.70. The average Bonchev–Trinajstić information content (AvgIpc) is 2.47. The summed E-state index contributed by atoms with van der Waals surface area (Å²) < 4.78 is 0. The van der Waals surface area contributed by atoms with E-state index in [-0.39, 0.29) is 5.91 Å². The number of primary amides is 1. The summed E-state index contributed by atoms with van der Waals surface area (Å²) in [5.74, 6) is -0.530. The molecule has 4 heteroatoms. The van der Waals surface area contributed by atoms with Crippen molar-refractivity contribution in [3.63, 3.8) is 0 Å². The predicted molar refractivity (Wildman–Crippen MR) is 83.1 cm³/mol. The molecule has 0 unspecified atom stereocenters. The van der Waals surface area contributed by atoms with E-state index in [4.69, 9.17) is 5.73 Å². The van der Waals surface area contributed by atoms with Gasteiger partial charge in [0.05, 0.1) is 0 Å². The molecule has 2 rings (SSSR count). The van der Waals surface area contributed by atoms with Crippen molar-refractivity contribution in [3.05, 3.63) is 65.2 Å². The summed E-state index contributed by atoms with van der Waals surface area (Å²) in [6, 6.07) is 14.6. The quantitative estimate of drug-likeness (QED) is 0.885. The Kier molecular flexibility index (Phi) is 4.72. The molecule has 2 aromatic carbocycles. The Balaban J connectivity index is 1.90. The van der Waals surface area contributed by atoms with Gasteiger partial charge in [0, 0.05) is 17.7 Å². The minimum atomic E-state index is -0.479. The number of hydrogen-bond donors (Lipinski definition) is 2. The lowest BCUT2D eigenvalue weighted by atomic mass is 10.0. The highest BCUT2D eigenvalue weighted by molar-refractivity contribution is 5.94. The average molecular weight is 282 g/mol. The summed E-state index contributed by atoms with van der Waals surface area (Å²) in [5, 5.41) is 2.81. The minimum Gasteiger partial charge on any atom is -0.366 e. The molecule has 2 amide bonds. The fraction of sp³-hybridized carbons (Fsp3) is 0.176. The van der Waals surface area contributed by atoms with Crippen LogP contribution >= 0.6 is 0 Å². The number of rotatable bonds is 5. The Hall–Kier alpha value is -2.62. The Morgan fingerprint density at radius 2 is 1.71 bits per heavy atom. The first-order valence-electron chi connectivity index (χ1n) is 6.80. The molecule has 0 saturated heterocycles. The third kappa shape index (κ3) is 4.18. The Labute approximate surface area is 124 Å². The van der Waals surface area contributed by atoms with Crippen molar-refractivity contribution >= 4 is 17.5 Å². The smallest absolute Gasteiger partial charge is 0.248 e. The first-order valence-corrected chi connectivity index (χ1v) is 6.80. The van der Waals surface area contributed by atoms with Crippen LogP contribution in [0, 0.1) is 6.92 Å². The van der Waals surface area contributed by atoms with Gasteiger partial charge < -0.3 is 11.1 Å². The zero-order valence-corrected chi connectivity index (χ0v) is 11.9. The molecule has 0 heterocycles. The Morgan fingerprint density at radius 3 is 2.33 bits per heavy atom. The molecule has 0 fully saturated rings. The number of nitrogens with two attached hydrogens (primary N) is 1. The van der Waals surface area contributed by atoms with Gasteiger partial charge >= 0.3 is 0 Å². The standard InChI is InChI=1S/C17H18N2O2/c1-12-4-2-3-5-13(12)8-11-16(20)19-15-9-6-14(7-10-15)17(18)21/h2-7,9-10H,8,11H2,1H3,(H2,18,21)(H,19,20). The summed E-state index contributed by atoms with van der Waals surface area (Å²) in [5.41, 5.74) is 8.62. The van der Waals surface area contributed by atoms with Crippen LogP contribution in [0.5, 0.6) is 0 Å². The molecule has 0 aliphatic carbocycles. The van der Waals surface area contributed by atoms with Crippen LogP contribution in [0.15, 0.2) is 48.5 Å². The molecule has 108 valence electrons. The highest BCUT2D eigenvalue weighted by Crippen LogP contribution is 2.12. The van der Waals surface area contributed by atoms with E-state index in [1.54, 1.807) is 24.3 Å². The molecule has 4 nitrogen and oxygen atoms in total. The summed E-state index contributed by atoms with van der Waals surface area (Å²) >= 11 is 0. The first-order chi connectivity index (χ1) is 10.1. The SMILES string of the molecule is Cc1ccccc1CCC(=O)Nc1ccc(C(N)=O)cc1. The van der Waals surface area contributed by atoms with Crippen molar-refractivity contribution in [1.82, 2.24) is 0 Å². The monoisotopic (exact) mass is 282 g/mol. The van der Waals surface area contributed by atoms with Gasteiger partial charge in [0.1, 0.15) is 0 Å². The molecule has 0 spiro atoms. The molecule has 0 saturated carbocycles. The highest BCUT2D eigenvalue weighted by atomic mass is 16.1. The van der Waals surface area contributed by atoms with E-state index in [2.05, 4.69) is 5.32 Å². The number of carbonyl (C=O) groups excluding carboxylic acids is 2. The van der Waals surface area contributed by atoms with Crippen LogP contribution in [-0.4, -0.2) is 11.8 Å². The fourth-order valence-electron chi connectivity index (χ4n) is 2.08. The molecular weight excluding hydrogens is 264 g/mol. The van der Waals surface area contributed by atoms with Crippen LogP contribution in [0.1, 0.15) is 27.9 Å². The number of nitrogens with one attached hydrogen (secondary N) is 1. The topological polar surface area (TPSA) is 72.2 Å². The van der Waals surface area contributed by atoms with E-state index in [1.165, 1.54) is 11.1 Å². The van der Waals surface area contributed by atoms with Crippen LogP contribution in [0.25, 0.3) is 0 Å².